The first-order chi connectivity index (χ1) is 9.83. The lowest BCUT2D eigenvalue weighted by Gasteiger charge is -2.11. The Morgan fingerprint density at radius 2 is 2.00 bits per heavy atom. The van der Waals surface area contributed by atoms with Crippen molar-refractivity contribution in [2.45, 2.75) is 44.2 Å². The van der Waals surface area contributed by atoms with Gasteiger partial charge in [0.25, 0.3) is 0 Å². The molecule has 2 aliphatic rings. The Hall–Kier alpha value is -1.13. The fourth-order valence-corrected chi connectivity index (χ4v) is 3.13. The van der Waals surface area contributed by atoms with Gasteiger partial charge >= 0.3 is 0 Å². The summed E-state index contributed by atoms with van der Waals surface area (Å²) in [4.78, 5) is 0. The van der Waals surface area contributed by atoms with E-state index in [1.807, 2.05) is 12.3 Å². The SMILES string of the molecule is Brc1ccccc1-n1ncc(CNC2CC2)c1C1CC1. The lowest BCUT2D eigenvalue weighted by molar-refractivity contribution is 0.679. The van der Waals surface area contributed by atoms with Gasteiger partial charge in [-0.05, 0) is 53.7 Å². The van der Waals surface area contributed by atoms with Gasteiger partial charge in [-0.2, -0.15) is 5.10 Å². The second kappa shape index (κ2) is 5.01. The zero-order valence-corrected chi connectivity index (χ0v) is 12.9. The summed E-state index contributed by atoms with van der Waals surface area (Å²) in [6.07, 6.45) is 7.30. The molecule has 0 spiro atoms. The molecule has 0 amide bonds. The Balaban J connectivity index is 1.70. The normalized spacial score (nSPS) is 18.4. The highest BCUT2D eigenvalue weighted by Gasteiger charge is 2.31. The van der Waals surface area contributed by atoms with E-state index in [1.54, 1.807) is 0 Å². The number of para-hydroxylation sites is 1. The van der Waals surface area contributed by atoms with Gasteiger partial charge < -0.3 is 5.32 Å². The van der Waals surface area contributed by atoms with Crippen LogP contribution in [0.15, 0.2) is 34.9 Å². The molecule has 1 aromatic carbocycles. The number of hydrogen-bond acceptors (Lipinski definition) is 2. The highest BCUT2D eigenvalue weighted by atomic mass is 79.9. The summed E-state index contributed by atoms with van der Waals surface area (Å²) in [6.45, 7) is 0.959. The molecule has 1 aromatic heterocycles. The fourth-order valence-electron chi connectivity index (χ4n) is 2.68. The minimum atomic E-state index is 0.695. The predicted octanol–water partition coefficient (Wildman–Crippen LogP) is 3.76. The van der Waals surface area contributed by atoms with Crippen molar-refractivity contribution < 1.29 is 0 Å². The molecule has 2 saturated carbocycles. The van der Waals surface area contributed by atoms with Crippen molar-refractivity contribution in [2.75, 3.05) is 0 Å². The van der Waals surface area contributed by atoms with E-state index in [1.165, 1.54) is 36.9 Å². The van der Waals surface area contributed by atoms with Crippen LogP contribution in [0.5, 0.6) is 0 Å². The van der Waals surface area contributed by atoms with Crippen molar-refractivity contribution in [1.29, 1.82) is 0 Å². The van der Waals surface area contributed by atoms with Gasteiger partial charge in [-0.15, -0.1) is 0 Å². The van der Waals surface area contributed by atoms with E-state index < -0.39 is 0 Å². The van der Waals surface area contributed by atoms with Crippen LogP contribution < -0.4 is 5.32 Å². The third kappa shape index (κ3) is 2.42. The van der Waals surface area contributed by atoms with E-state index in [0.29, 0.717) is 5.92 Å². The van der Waals surface area contributed by atoms with E-state index in [4.69, 9.17) is 0 Å². The molecule has 4 rings (SSSR count). The second-order valence-corrected chi connectivity index (χ2v) is 6.70. The maximum atomic E-state index is 4.65. The molecule has 1 heterocycles. The summed E-state index contributed by atoms with van der Waals surface area (Å²) in [5, 5.41) is 8.26. The van der Waals surface area contributed by atoms with Gasteiger partial charge in [0.1, 0.15) is 0 Å². The summed E-state index contributed by atoms with van der Waals surface area (Å²) < 4.78 is 3.23. The van der Waals surface area contributed by atoms with Crippen molar-refractivity contribution in [3.63, 3.8) is 0 Å². The minimum Gasteiger partial charge on any atom is -0.310 e. The molecule has 2 aliphatic carbocycles. The van der Waals surface area contributed by atoms with Gasteiger partial charge in [-0.3, -0.25) is 0 Å². The largest absolute Gasteiger partial charge is 0.310 e. The lowest BCUT2D eigenvalue weighted by Crippen LogP contribution is -2.16. The van der Waals surface area contributed by atoms with E-state index in [9.17, 15) is 0 Å². The number of hydrogen-bond donors (Lipinski definition) is 1. The average molecular weight is 332 g/mol. The second-order valence-electron chi connectivity index (χ2n) is 5.85. The van der Waals surface area contributed by atoms with Crippen molar-refractivity contribution in [3.8, 4) is 5.69 Å². The number of aromatic nitrogens is 2. The van der Waals surface area contributed by atoms with Crippen LogP contribution in [0.1, 0.15) is 42.9 Å². The molecule has 0 radical (unpaired) electrons. The molecule has 0 bridgehead atoms. The Bertz CT molecular complexity index is 626. The maximum absolute atomic E-state index is 4.65. The van der Waals surface area contributed by atoms with Gasteiger partial charge in [0.2, 0.25) is 0 Å². The number of nitrogens with zero attached hydrogens (tertiary/aromatic N) is 2. The van der Waals surface area contributed by atoms with Gasteiger partial charge in [0, 0.05) is 28.5 Å². The number of halogens is 1. The zero-order valence-electron chi connectivity index (χ0n) is 11.3. The molecular formula is C16H18BrN3. The van der Waals surface area contributed by atoms with Gasteiger partial charge in [0.05, 0.1) is 17.6 Å². The molecule has 0 saturated heterocycles. The van der Waals surface area contributed by atoms with Crippen LogP contribution in [0, 0.1) is 0 Å². The van der Waals surface area contributed by atoms with Crippen LogP contribution in [0.3, 0.4) is 0 Å². The number of nitrogens with one attached hydrogen (secondary N) is 1. The van der Waals surface area contributed by atoms with E-state index in [-0.39, 0.29) is 0 Å². The zero-order chi connectivity index (χ0) is 13.5. The quantitative estimate of drug-likeness (QED) is 0.903. The first-order valence-corrected chi connectivity index (χ1v) is 8.17. The van der Waals surface area contributed by atoms with Crippen LogP contribution in [0.25, 0.3) is 5.69 Å². The summed E-state index contributed by atoms with van der Waals surface area (Å²) in [6, 6.07) is 9.06. The highest BCUT2D eigenvalue weighted by molar-refractivity contribution is 9.10. The van der Waals surface area contributed by atoms with E-state index in [0.717, 1.165) is 22.7 Å². The first-order valence-electron chi connectivity index (χ1n) is 7.38. The Morgan fingerprint density at radius 1 is 1.20 bits per heavy atom. The van der Waals surface area contributed by atoms with Crippen LogP contribution in [0.4, 0.5) is 0 Å². The molecule has 0 unspecified atom stereocenters. The number of rotatable bonds is 5. The van der Waals surface area contributed by atoms with Crippen LogP contribution in [-0.4, -0.2) is 15.8 Å². The van der Waals surface area contributed by atoms with Crippen LogP contribution >= 0.6 is 15.9 Å². The standard InChI is InChI=1S/C16H18BrN3/c17-14-3-1-2-4-15(14)20-16(11-5-6-11)12(10-19-20)9-18-13-7-8-13/h1-4,10-11,13,18H,5-9H2. The fraction of sp³-hybridized carbons (Fsp3) is 0.438. The number of benzene rings is 1. The third-order valence-electron chi connectivity index (χ3n) is 4.09. The highest BCUT2D eigenvalue weighted by Crippen LogP contribution is 2.43. The van der Waals surface area contributed by atoms with Gasteiger partial charge in [0.15, 0.2) is 0 Å². The Kier molecular flexibility index (Phi) is 3.15. The Labute approximate surface area is 127 Å². The predicted molar refractivity (Wildman–Crippen MR) is 83.1 cm³/mol. The smallest absolute Gasteiger partial charge is 0.0790 e. The monoisotopic (exact) mass is 331 g/mol. The van der Waals surface area contributed by atoms with Gasteiger partial charge in [-0.1, -0.05) is 12.1 Å². The van der Waals surface area contributed by atoms with Gasteiger partial charge in [-0.25, -0.2) is 4.68 Å². The Morgan fingerprint density at radius 3 is 2.70 bits per heavy atom. The van der Waals surface area contributed by atoms with Crippen LogP contribution in [0.2, 0.25) is 0 Å². The molecule has 3 nitrogen and oxygen atoms in total. The van der Waals surface area contributed by atoms with Crippen molar-refractivity contribution in [2.24, 2.45) is 0 Å². The average Bonchev–Trinajstić information content (AvgIpc) is 3.37. The molecule has 104 valence electrons. The summed E-state index contributed by atoms with van der Waals surface area (Å²) in [5.74, 6) is 0.695. The first kappa shape index (κ1) is 12.6. The maximum Gasteiger partial charge on any atom is 0.0790 e. The van der Waals surface area contributed by atoms with E-state index in [2.05, 4.69) is 49.2 Å². The van der Waals surface area contributed by atoms with Crippen molar-refractivity contribution in [3.05, 3.63) is 46.2 Å². The molecule has 4 heteroatoms. The molecular weight excluding hydrogens is 314 g/mol. The molecule has 0 aliphatic heterocycles. The topological polar surface area (TPSA) is 29.9 Å². The third-order valence-corrected chi connectivity index (χ3v) is 4.76. The van der Waals surface area contributed by atoms with Crippen molar-refractivity contribution in [1.82, 2.24) is 15.1 Å². The minimum absolute atomic E-state index is 0.695. The summed E-state index contributed by atoms with van der Waals surface area (Å²) in [5.41, 5.74) is 3.92. The lowest BCUT2D eigenvalue weighted by atomic mass is 10.1. The van der Waals surface area contributed by atoms with Crippen LogP contribution in [-0.2, 0) is 6.54 Å². The van der Waals surface area contributed by atoms with Crippen molar-refractivity contribution >= 4 is 15.9 Å². The van der Waals surface area contributed by atoms with E-state index >= 15 is 0 Å². The molecule has 20 heavy (non-hydrogen) atoms. The summed E-state index contributed by atoms with van der Waals surface area (Å²) in [7, 11) is 0. The molecule has 2 aromatic rings. The molecule has 2 fully saturated rings. The summed E-state index contributed by atoms with van der Waals surface area (Å²) >= 11 is 3.64. The molecule has 0 atom stereocenters. The molecule has 1 N–H and O–H groups in total.